The highest BCUT2D eigenvalue weighted by Gasteiger charge is 2.38. The van der Waals surface area contributed by atoms with E-state index in [4.69, 9.17) is 19.9 Å². The molecule has 0 aliphatic heterocycles. The minimum atomic E-state index is -5.15. The molecule has 11 heteroatoms. The zero-order valence-corrected chi connectivity index (χ0v) is 8.99. The molecule has 0 radical (unpaired) electrons. The number of carboxylic acids is 3. The Bertz CT molecular complexity index is 411. The molecule has 0 saturated carbocycles. The standard InChI is InChI=1S/C6H9NO9S/c8-3(9)1-7(2-4(10)11)5(6(12)13)17(14,15)16/h5H,1-2H2,(H,8,9)(H,10,11)(H,12,13)(H,14,15,16). The van der Waals surface area contributed by atoms with Gasteiger partial charge in [-0.2, -0.15) is 8.42 Å². The number of hydrogen-bond donors (Lipinski definition) is 4. The smallest absolute Gasteiger partial charge is 0.339 e. The summed E-state index contributed by atoms with van der Waals surface area (Å²) in [4.78, 5) is 31.4. The predicted octanol–water partition coefficient (Wildman–Crippen LogP) is -2.24. The lowest BCUT2D eigenvalue weighted by Gasteiger charge is -2.22. The topological polar surface area (TPSA) is 170 Å². The van der Waals surface area contributed by atoms with Crippen molar-refractivity contribution in [1.29, 1.82) is 0 Å². The summed E-state index contributed by atoms with van der Waals surface area (Å²) in [7, 11) is -5.15. The minimum absolute atomic E-state index is 0.0856. The molecule has 0 aromatic carbocycles. The van der Waals surface area contributed by atoms with Gasteiger partial charge in [0.1, 0.15) is 0 Å². The van der Waals surface area contributed by atoms with Crippen LogP contribution in [0.15, 0.2) is 0 Å². The summed E-state index contributed by atoms with van der Waals surface area (Å²) in [5, 5.41) is 22.7. The van der Waals surface area contributed by atoms with Gasteiger partial charge in [0.25, 0.3) is 10.1 Å². The third kappa shape index (κ3) is 5.24. The van der Waals surface area contributed by atoms with Gasteiger partial charge in [0, 0.05) is 0 Å². The molecule has 0 aliphatic rings. The lowest BCUT2D eigenvalue weighted by Crippen LogP contribution is -2.50. The van der Waals surface area contributed by atoms with E-state index in [1.807, 2.05) is 0 Å². The monoisotopic (exact) mass is 271 g/mol. The van der Waals surface area contributed by atoms with Gasteiger partial charge in [-0.05, 0) is 0 Å². The van der Waals surface area contributed by atoms with E-state index in [1.54, 1.807) is 0 Å². The van der Waals surface area contributed by atoms with Gasteiger partial charge >= 0.3 is 17.9 Å². The van der Waals surface area contributed by atoms with Gasteiger partial charge in [0.05, 0.1) is 13.1 Å². The van der Waals surface area contributed by atoms with E-state index in [1.165, 1.54) is 0 Å². The van der Waals surface area contributed by atoms with E-state index >= 15 is 0 Å². The molecule has 0 rings (SSSR count). The molecule has 98 valence electrons. The second kappa shape index (κ2) is 5.56. The van der Waals surface area contributed by atoms with Crippen molar-refractivity contribution in [2.45, 2.75) is 5.37 Å². The number of carbonyl (C=O) groups is 3. The van der Waals surface area contributed by atoms with Crippen molar-refractivity contribution in [3.63, 3.8) is 0 Å². The molecular formula is C6H9NO9S. The van der Waals surface area contributed by atoms with E-state index in [0.717, 1.165) is 0 Å². The van der Waals surface area contributed by atoms with Crippen LogP contribution in [0.1, 0.15) is 0 Å². The van der Waals surface area contributed by atoms with Crippen LogP contribution >= 0.6 is 0 Å². The molecule has 0 aromatic heterocycles. The van der Waals surface area contributed by atoms with Crippen LogP contribution in [0.4, 0.5) is 0 Å². The largest absolute Gasteiger partial charge is 0.480 e. The van der Waals surface area contributed by atoms with Crippen LogP contribution in [0.2, 0.25) is 0 Å². The average molecular weight is 271 g/mol. The molecule has 0 saturated heterocycles. The number of hydrogen-bond acceptors (Lipinski definition) is 6. The van der Waals surface area contributed by atoms with Gasteiger partial charge in [0.15, 0.2) is 0 Å². The molecule has 1 unspecified atom stereocenters. The van der Waals surface area contributed by atoms with Gasteiger partial charge in [-0.25, -0.2) is 4.79 Å². The molecule has 10 nitrogen and oxygen atoms in total. The highest BCUT2D eigenvalue weighted by Crippen LogP contribution is 2.07. The van der Waals surface area contributed by atoms with E-state index < -0.39 is 46.5 Å². The zero-order valence-electron chi connectivity index (χ0n) is 8.18. The van der Waals surface area contributed by atoms with Crippen LogP contribution in [0.3, 0.4) is 0 Å². The first kappa shape index (κ1) is 15.3. The van der Waals surface area contributed by atoms with Gasteiger partial charge in [-0.3, -0.25) is 19.0 Å². The van der Waals surface area contributed by atoms with E-state index in [0.29, 0.717) is 0 Å². The van der Waals surface area contributed by atoms with E-state index in [9.17, 15) is 22.8 Å². The SMILES string of the molecule is O=C(O)CN(CC(=O)O)C(C(=O)O)S(=O)(=O)O. The minimum Gasteiger partial charge on any atom is -0.480 e. The van der Waals surface area contributed by atoms with Gasteiger partial charge < -0.3 is 15.3 Å². The second-order valence-corrected chi connectivity index (χ2v) is 4.37. The van der Waals surface area contributed by atoms with Crippen molar-refractivity contribution in [2.75, 3.05) is 13.1 Å². The molecular weight excluding hydrogens is 262 g/mol. The predicted molar refractivity (Wildman–Crippen MR) is 49.8 cm³/mol. The lowest BCUT2D eigenvalue weighted by molar-refractivity contribution is -0.146. The first-order chi connectivity index (χ1) is 7.55. The van der Waals surface area contributed by atoms with Crippen LogP contribution in [-0.4, -0.2) is 69.6 Å². The van der Waals surface area contributed by atoms with Crippen molar-refractivity contribution < 1.29 is 42.7 Å². The Kier molecular flexibility index (Phi) is 5.00. The maximum absolute atomic E-state index is 10.7. The van der Waals surface area contributed by atoms with Crippen LogP contribution < -0.4 is 0 Å². The number of nitrogens with zero attached hydrogens (tertiary/aromatic N) is 1. The summed E-state index contributed by atoms with van der Waals surface area (Å²) < 4.78 is 30.1. The van der Waals surface area contributed by atoms with Crippen LogP contribution in [-0.2, 0) is 24.5 Å². The Morgan fingerprint density at radius 2 is 1.35 bits per heavy atom. The molecule has 4 N–H and O–H groups in total. The Morgan fingerprint density at radius 1 is 1.00 bits per heavy atom. The quantitative estimate of drug-likeness (QED) is 0.371. The number of rotatable bonds is 7. The van der Waals surface area contributed by atoms with E-state index in [2.05, 4.69) is 0 Å². The summed E-state index contributed by atoms with van der Waals surface area (Å²) in [6.07, 6.45) is 0. The Labute approximate surface area is 94.8 Å². The molecule has 0 aromatic rings. The number of aliphatic carboxylic acids is 3. The fourth-order valence-electron chi connectivity index (χ4n) is 1.04. The molecule has 0 aliphatic carbocycles. The van der Waals surface area contributed by atoms with Crippen molar-refractivity contribution in [1.82, 2.24) is 4.90 Å². The summed E-state index contributed by atoms with van der Waals surface area (Å²) in [5.41, 5.74) is 0. The van der Waals surface area contributed by atoms with Crippen molar-refractivity contribution in [3.8, 4) is 0 Å². The van der Waals surface area contributed by atoms with Crippen LogP contribution in [0.25, 0.3) is 0 Å². The molecule has 0 fully saturated rings. The molecule has 0 amide bonds. The van der Waals surface area contributed by atoms with Gasteiger partial charge in [0.2, 0.25) is 5.37 Å². The van der Waals surface area contributed by atoms with Crippen molar-refractivity contribution >= 4 is 28.0 Å². The van der Waals surface area contributed by atoms with Gasteiger partial charge in [-0.1, -0.05) is 0 Å². The van der Waals surface area contributed by atoms with Crippen molar-refractivity contribution in [2.24, 2.45) is 0 Å². The van der Waals surface area contributed by atoms with Crippen LogP contribution in [0, 0.1) is 0 Å². The first-order valence-electron chi connectivity index (χ1n) is 3.92. The fraction of sp³-hybridized carbons (Fsp3) is 0.500. The summed E-state index contributed by atoms with van der Waals surface area (Å²) in [5.74, 6) is -5.35. The number of carboxylic acid groups (broad SMARTS) is 3. The Morgan fingerprint density at radius 3 is 1.53 bits per heavy atom. The van der Waals surface area contributed by atoms with E-state index in [-0.39, 0.29) is 4.90 Å². The zero-order chi connectivity index (χ0) is 13.8. The molecule has 0 heterocycles. The highest BCUT2D eigenvalue weighted by molar-refractivity contribution is 7.87. The van der Waals surface area contributed by atoms with Gasteiger partial charge in [-0.15, -0.1) is 0 Å². The normalized spacial score (nSPS) is 13.3. The lowest BCUT2D eigenvalue weighted by atomic mass is 10.4. The Balaban J connectivity index is 5.29. The first-order valence-corrected chi connectivity index (χ1v) is 5.42. The third-order valence-corrected chi connectivity index (χ3v) is 2.57. The Hall–Kier alpha value is -1.72. The maximum Gasteiger partial charge on any atom is 0.339 e. The molecule has 17 heavy (non-hydrogen) atoms. The molecule has 0 spiro atoms. The fourth-order valence-corrected chi connectivity index (χ4v) is 1.82. The van der Waals surface area contributed by atoms with Crippen molar-refractivity contribution in [3.05, 3.63) is 0 Å². The summed E-state index contributed by atoms with van der Waals surface area (Å²) in [6.45, 7) is -2.33. The highest BCUT2D eigenvalue weighted by atomic mass is 32.2. The molecule has 0 bridgehead atoms. The average Bonchev–Trinajstić information content (AvgIpc) is 1.95. The third-order valence-electron chi connectivity index (χ3n) is 1.50. The maximum atomic E-state index is 10.7. The summed E-state index contributed by atoms with van der Waals surface area (Å²) in [6, 6.07) is 0. The summed E-state index contributed by atoms with van der Waals surface area (Å²) >= 11 is 0. The van der Waals surface area contributed by atoms with Crippen LogP contribution in [0.5, 0.6) is 0 Å². The molecule has 1 atom stereocenters. The second-order valence-electron chi connectivity index (χ2n) is 2.90.